The number of hydrogen-bond acceptors (Lipinski definition) is 3. The van der Waals surface area contributed by atoms with E-state index in [0.29, 0.717) is 0 Å². The molecule has 1 aromatic rings. The molecule has 1 aliphatic rings. The van der Waals surface area contributed by atoms with E-state index in [1.807, 2.05) is 0 Å². The van der Waals surface area contributed by atoms with Crippen molar-refractivity contribution in [3.05, 3.63) is 29.8 Å². The third kappa shape index (κ3) is 2.09. The number of ether oxygens (including phenoxy) is 1. The fraction of sp³-hybridized carbons (Fsp3) is 0.273. The van der Waals surface area contributed by atoms with E-state index in [-0.39, 0.29) is 12.2 Å². The molecule has 1 unspecified atom stereocenters. The van der Waals surface area contributed by atoms with Crippen molar-refractivity contribution >= 4 is 11.8 Å². The van der Waals surface area contributed by atoms with Crippen LogP contribution in [0.25, 0.3) is 0 Å². The zero-order chi connectivity index (χ0) is 13.3. The van der Waals surface area contributed by atoms with E-state index in [4.69, 9.17) is 5.26 Å². The summed E-state index contributed by atoms with van der Waals surface area (Å²) in [5, 5.41) is 8.60. The van der Waals surface area contributed by atoms with Gasteiger partial charge >= 0.3 is 12.3 Å². The number of anilines is 1. The topological polar surface area (TPSA) is 53.3 Å². The van der Waals surface area contributed by atoms with Gasteiger partial charge in [0.25, 0.3) is 0 Å². The maximum atomic E-state index is 12.8. The van der Waals surface area contributed by atoms with Gasteiger partial charge in [0.05, 0.1) is 17.8 Å². The average molecular weight is 256 g/mol. The largest absolute Gasteiger partial charge is 0.428 e. The maximum absolute atomic E-state index is 12.8. The molecule has 1 atom stereocenters. The lowest BCUT2D eigenvalue weighted by molar-refractivity contribution is -0.137. The number of rotatable bonds is 1. The molecule has 0 N–H and O–H groups in total. The Hall–Kier alpha value is -2.23. The van der Waals surface area contributed by atoms with Crippen molar-refractivity contribution in [3.63, 3.8) is 0 Å². The van der Waals surface area contributed by atoms with E-state index in [2.05, 4.69) is 4.74 Å². The van der Waals surface area contributed by atoms with Crippen LogP contribution in [0.15, 0.2) is 24.3 Å². The van der Waals surface area contributed by atoms with Crippen molar-refractivity contribution in [1.82, 2.24) is 0 Å². The van der Waals surface area contributed by atoms with Crippen LogP contribution in [0.2, 0.25) is 0 Å². The molecule has 1 aliphatic heterocycles. The molecule has 1 amide bonds. The Kier molecular flexibility index (Phi) is 2.87. The van der Waals surface area contributed by atoms with Crippen molar-refractivity contribution in [1.29, 1.82) is 5.26 Å². The van der Waals surface area contributed by atoms with Crippen LogP contribution in [0.5, 0.6) is 0 Å². The summed E-state index contributed by atoms with van der Waals surface area (Å²) in [7, 11) is 0. The van der Waals surface area contributed by atoms with Gasteiger partial charge in [-0.3, -0.25) is 4.90 Å². The first-order chi connectivity index (χ1) is 8.43. The highest BCUT2D eigenvalue weighted by atomic mass is 19.4. The molecule has 94 valence electrons. The van der Waals surface area contributed by atoms with E-state index < -0.39 is 23.9 Å². The molecule has 1 aromatic carbocycles. The summed E-state index contributed by atoms with van der Waals surface area (Å²) in [6.45, 7) is -0.206. The Balaban J connectivity index is 2.41. The Morgan fingerprint density at radius 1 is 1.39 bits per heavy atom. The van der Waals surface area contributed by atoms with Crippen molar-refractivity contribution in [3.8, 4) is 6.07 Å². The number of benzene rings is 1. The van der Waals surface area contributed by atoms with Crippen molar-refractivity contribution in [2.45, 2.75) is 12.3 Å². The molecule has 1 fully saturated rings. The quantitative estimate of drug-likeness (QED) is 0.775. The number of hydrogen-bond donors (Lipinski definition) is 0. The first kappa shape index (κ1) is 12.2. The zero-order valence-corrected chi connectivity index (χ0v) is 8.94. The van der Waals surface area contributed by atoms with E-state index >= 15 is 0 Å². The third-order valence-electron chi connectivity index (χ3n) is 2.46. The summed E-state index contributed by atoms with van der Waals surface area (Å²) in [6, 6.07) is 6.35. The van der Waals surface area contributed by atoms with Gasteiger partial charge in [-0.1, -0.05) is 12.1 Å². The number of alkyl halides is 3. The van der Waals surface area contributed by atoms with Crippen LogP contribution in [0, 0.1) is 11.3 Å². The second-order valence-electron chi connectivity index (χ2n) is 3.63. The highest BCUT2D eigenvalue weighted by Crippen LogP contribution is 2.37. The summed E-state index contributed by atoms with van der Waals surface area (Å²) in [5.41, 5.74) is -1.23. The lowest BCUT2D eigenvalue weighted by Crippen LogP contribution is -2.27. The van der Waals surface area contributed by atoms with E-state index in [1.54, 1.807) is 6.07 Å². The van der Waals surface area contributed by atoms with Crippen LogP contribution in [0.3, 0.4) is 0 Å². The van der Waals surface area contributed by atoms with Crippen LogP contribution in [-0.2, 0) is 10.9 Å². The maximum Gasteiger partial charge on any atom is 0.418 e. The molecule has 0 aliphatic carbocycles. The number of halogens is 3. The normalized spacial score (nSPS) is 19.6. The van der Waals surface area contributed by atoms with Crippen molar-refractivity contribution < 1.29 is 22.7 Å². The summed E-state index contributed by atoms with van der Waals surface area (Å²) >= 11 is 0. The minimum atomic E-state index is -4.57. The molecule has 18 heavy (non-hydrogen) atoms. The molecule has 0 bridgehead atoms. The number of para-hydroxylation sites is 1. The van der Waals surface area contributed by atoms with Gasteiger partial charge in [0.1, 0.15) is 6.07 Å². The molecule has 1 heterocycles. The molecule has 0 aromatic heterocycles. The van der Waals surface area contributed by atoms with E-state index in [1.165, 1.54) is 18.2 Å². The van der Waals surface area contributed by atoms with Gasteiger partial charge in [-0.05, 0) is 12.1 Å². The number of carbonyl (C=O) groups excluding carboxylic acids is 1. The highest BCUT2D eigenvalue weighted by molar-refractivity contribution is 5.91. The Morgan fingerprint density at radius 2 is 2.06 bits per heavy atom. The van der Waals surface area contributed by atoms with Gasteiger partial charge in [0, 0.05) is 0 Å². The Labute approximate surface area is 100 Å². The monoisotopic (exact) mass is 256 g/mol. The van der Waals surface area contributed by atoms with Crippen LogP contribution < -0.4 is 4.90 Å². The Morgan fingerprint density at radius 3 is 2.61 bits per heavy atom. The molecule has 0 saturated carbocycles. The predicted molar refractivity (Wildman–Crippen MR) is 54.7 cm³/mol. The molecular weight excluding hydrogens is 249 g/mol. The lowest BCUT2D eigenvalue weighted by Gasteiger charge is -2.18. The van der Waals surface area contributed by atoms with Gasteiger partial charge in [-0.25, -0.2) is 4.79 Å². The third-order valence-corrected chi connectivity index (χ3v) is 2.46. The summed E-state index contributed by atoms with van der Waals surface area (Å²) in [4.78, 5) is 12.2. The van der Waals surface area contributed by atoms with Gasteiger partial charge in [0.2, 0.25) is 6.10 Å². The first-order valence-electron chi connectivity index (χ1n) is 4.97. The van der Waals surface area contributed by atoms with Gasteiger partial charge in [-0.2, -0.15) is 18.4 Å². The molecular formula is C11H7F3N2O2. The second kappa shape index (κ2) is 4.22. The van der Waals surface area contributed by atoms with Crippen LogP contribution in [-0.4, -0.2) is 18.7 Å². The molecule has 1 saturated heterocycles. The number of cyclic esters (lactones) is 1. The molecule has 0 radical (unpaired) electrons. The lowest BCUT2D eigenvalue weighted by atomic mass is 10.1. The average Bonchev–Trinajstić information content (AvgIpc) is 2.69. The minimum absolute atomic E-state index is 0.206. The number of nitriles is 1. The van der Waals surface area contributed by atoms with Crippen molar-refractivity contribution in [2.75, 3.05) is 11.4 Å². The minimum Gasteiger partial charge on any atom is -0.428 e. The first-order valence-corrected chi connectivity index (χ1v) is 4.97. The fourth-order valence-electron chi connectivity index (χ4n) is 1.68. The molecule has 7 heteroatoms. The van der Waals surface area contributed by atoms with Crippen molar-refractivity contribution in [2.24, 2.45) is 0 Å². The van der Waals surface area contributed by atoms with Gasteiger partial charge in [-0.15, -0.1) is 0 Å². The second-order valence-corrected chi connectivity index (χ2v) is 3.63. The van der Waals surface area contributed by atoms with E-state index in [0.717, 1.165) is 11.0 Å². The predicted octanol–water partition coefficient (Wildman–Crippen LogP) is 2.55. The van der Waals surface area contributed by atoms with E-state index in [9.17, 15) is 18.0 Å². The Bertz CT molecular complexity index is 522. The van der Waals surface area contributed by atoms with Crippen LogP contribution in [0.4, 0.5) is 23.7 Å². The molecule has 4 nitrogen and oxygen atoms in total. The highest BCUT2D eigenvalue weighted by Gasteiger charge is 2.39. The van der Waals surface area contributed by atoms with Crippen LogP contribution >= 0.6 is 0 Å². The number of carbonyl (C=O) groups is 1. The number of nitrogens with zero attached hydrogens (tertiary/aromatic N) is 2. The standard InChI is InChI=1S/C11H7F3N2O2/c12-11(13,14)8-3-1-2-4-9(8)16-6-7(5-15)18-10(16)17/h1-4,7H,6H2. The fourth-order valence-corrected chi connectivity index (χ4v) is 1.68. The number of amides is 1. The molecule has 2 rings (SSSR count). The van der Waals surface area contributed by atoms with Gasteiger partial charge < -0.3 is 4.74 Å². The zero-order valence-electron chi connectivity index (χ0n) is 8.94. The summed E-state index contributed by atoms with van der Waals surface area (Å²) < 4.78 is 42.9. The summed E-state index contributed by atoms with van der Waals surface area (Å²) in [5.74, 6) is 0. The van der Waals surface area contributed by atoms with Gasteiger partial charge in [0.15, 0.2) is 0 Å². The SMILES string of the molecule is N#CC1CN(c2ccccc2C(F)(F)F)C(=O)O1. The van der Waals surface area contributed by atoms with Crippen LogP contribution in [0.1, 0.15) is 5.56 Å². The summed E-state index contributed by atoms with van der Waals surface area (Å²) in [6.07, 6.45) is -6.56. The molecule has 0 spiro atoms. The smallest absolute Gasteiger partial charge is 0.418 e.